The van der Waals surface area contributed by atoms with Crippen molar-refractivity contribution in [2.75, 3.05) is 6.61 Å². The van der Waals surface area contributed by atoms with Gasteiger partial charge in [0.2, 0.25) is 5.75 Å². The topological polar surface area (TPSA) is 52.4 Å². The third kappa shape index (κ3) is 1.99. The molecule has 0 aliphatic rings. The van der Waals surface area contributed by atoms with E-state index in [1.165, 1.54) is 18.2 Å². The second-order valence-corrected chi connectivity index (χ2v) is 2.59. The highest BCUT2D eigenvalue weighted by Gasteiger charge is 2.18. The highest BCUT2D eigenvalue weighted by molar-refractivity contribution is 5.51. The molecule has 0 aliphatic carbocycles. The summed E-state index contributed by atoms with van der Waals surface area (Å²) >= 11 is 0. The summed E-state index contributed by atoms with van der Waals surface area (Å²) in [7, 11) is 0. The summed E-state index contributed by atoms with van der Waals surface area (Å²) in [5.41, 5.74) is 0.0167. The lowest BCUT2D eigenvalue weighted by Gasteiger charge is -2.07. The molecule has 76 valence electrons. The molecule has 0 bridgehead atoms. The summed E-state index contributed by atoms with van der Waals surface area (Å²) in [6, 6.07) is 4.21. The number of ether oxygens (including phenoxy) is 1. The molecule has 0 fully saturated rings. The van der Waals surface area contributed by atoms with Crippen molar-refractivity contribution in [3.63, 3.8) is 0 Å². The molecule has 0 saturated carbocycles. The minimum absolute atomic E-state index is 0.0301. The van der Waals surface area contributed by atoms with Crippen LogP contribution in [-0.4, -0.2) is 11.5 Å². The summed E-state index contributed by atoms with van der Waals surface area (Å²) in [5, 5.41) is 10.6. The van der Waals surface area contributed by atoms with Crippen molar-refractivity contribution in [2.45, 2.75) is 13.6 Å². The van der Waals surface area contributed by atoms with E-state index in [-0.39, 0.29) is 23.6 Å². The van der Waals surface area contributed by atoms with E-state index < -0.39 is 11.6 Å². The molecule has 0 N–H and O–H groups in total. The van der Waals surface area contributed by atoms with Crippen LogP contribution < -0.4 is 4.74 Å². The molecular weight excluding hydrogens is 189 g/mol. The number of alkyl halides is 1. The van der Waals surface area contributed by atoms with Gasteiger partial charge in [-0.25, -0.2) is 4.39 Å². The van der Waals surface area contributed by atoms with Crippen molar-refractivity contribution in [2.24, 2.45) is 0 Å². The van der Waals surface area contributed by atoms with Crippen LogP contribution in [-0.2, 0) is 6.67 Å². The van der Waals surface area contributed by atoms with Gasteiger partial charge in [-0.2, -0.15) is 0 Å². The molecule has 0 amide bonds. The van der Waals surface area contributed by atoms with E-state index in [0.29, 0.717) is 0 Å². The van der Waals surface area contributed by atoms with Crippen LogP contribution >= 0.6 is 0 Å². The van der Waals surface area contributed by atoms with Gasteiger partial charge in [-0.15, -0.1) is 0 Å². The van der Waals surface area contributed by atoms with Crippen LogP contribution in [0.5, 0.6) is 5.75 Å². The van der Waals surface area contributed by atoms with Crippen molar-refractivity contribution in [3.8, 4) is 5.75 Å². The van der Waals surface area contributed by atoms with Gasteiger partial charge in [0, 0.05) is 11.6 Å². The maximum Gasteiger partial charge on any atom is 0.311 e. The average molecular weight is 199 g/mol. The van der Waals surface area contributed by atoms with Crippen molar-refractivity contribution in [1.82, 2.24) is 0 Å². The van der Waals surface area contributed by atoms with Crippen molar-refractivity contribution >= 4 is 5.69 Å². The second-order valence-electron chi connectivity index (χ2n) is 2.59. The zero-order chi connectivity index (χ0) is 10.6. The SMILES string of the molecule is CCOc1c(CF)cccc1[N+](=O)[O-]. The summed E-state index contributed by atoms with van der Waals surface area (Å²) < 4.78 is 17.5. The van der Waals surface area contributed by atoms with Crippen LogP contribution in [0.2, 0.25) is 0 Å². The van der Waals surface area contributed by atoms with Gasteiger partial charge in [-0.1, -0.05) is 12.1 Å². The van der Waals surface area contributed by atoms with E-state index in [9.17, 15) is 14.5 Å². The quantitative estimate of drug-likeness (QED) is 0.552. The van der Waals surface area contributed by atoms with E-state index >= 15 is 0 Å². The first-order valence-electron chi connectivity index (χ1n) is 4.15. The van der Waals surface area contributed by atoms with E-state index in [4.69, 9.17) is 4.74 Å². The van der Waals surface area contributed by atoms with E-state index in [1.54, 1.807) is 6.92 Å². The number of para-hydroxylation sites is 1. The van der Waals surface area contributed by atoms with Gasteiger partial charge in [0.1, 0.15) is 6.67 Å². The molecule has 0 radical (unpaired) electrons. The Kier molecular flexibility index (Phi) is 3.39. The highest BCUT2D eigenvalue weighted by atomic mass is 19.1. The molecule has 1 rings (SSSR count). The van der Waals surface area contributed by atoms with Gasteiger partial charge in [0.05, 0.1) is 11.5 Å². The van der Waals surface area contributed by atoms with Crippen LogP contribution in [0.4, 0.5) is 10.1 Å². The Balaban J connectivity index is 3.20. The van der Waals surface area contributed by atoms with Crippen molar-refractivity contribution in [3.05, 3.63) is 33.9 Å². The molecule has 5 heteroatoms. The van der Waals surface area contributed by atoms with Crippen LogP contribution in [0.15, 0.2) is 18.2 Å². The van der Waals surface area contributed by atoms with E-state index in [2.05, 4.69) is 0 Å². The fourth-order valence-electron chi connectivity index (χ4n) is 1.13. The average Bonchev–Trinajstić information content (AvgIpc) is 2.18. The predicted molar refractivity (Wildman–Crippen MR) is 49.1 cm³/mol. The van der Waals surface area contributed by atoms with Crippen LogP contribution in [0.1, 0.15) is 12.5 Å². The number of hydrogen-bond donors (Lipinski definition) is 0. The lowest BCUT2D eigenvalue weighted by molar-refractivity contribution is -0.385. The maximum atomic E-state index is 12.5. The molecule has 0 saturated heterocycles. The second kappa shape index (κ2) is 4.55. The highest BCUT2D eigenvalue weighted by Crippen LogP contribution is 2.31. The number of nitro groups is 1. The summed E-state index contributed by atoms with van der Waals surface area (Å²) in [5.74, 6) is 0.0301. The molecule has 0 aromatic heterocycles. The first-order valence-corrected chi connectivity index (χ1v) is 4.15. The Labute approximate surface area is 80.5 Å². The summed E-state index contributed by atoms with van der Waals surface area (Å²) in [4.78, 5) is 9.99. The van der Waals surface area contributed by atoms with Gasteiger partial charge in [-0.3, -0.25) is 10.1 Å². The summed E-state index contributed by atoms with van der Waals surface area (Å²) in [6.07, 6.45) is 0. The molecule has 0 heterocycles. The molecule has 1 aromatic carbocycles. The Bertz CT molecular complexity index is 341. The minimum Gasteiger partial charge on any atom is -0.487 e. The largest absolute Gasteiger partial charge is 0.487 e. The fourth-order valence-corrected chi connectivity index (χ4v) is 1.13. The molecule has 0 atom stereocenters. The molecule has 1 aromatic rings. The third-order valence-corrected chi connectivity index (χ3v) is 1.71. The number of hydrogen-bond acceptors (Lipinski definition) is 3. The molecule has 4 nitrogen and oxygen atoms in total. The Morgan fingerprint density at radius 1 is 1.57 bits per heavy atom. The number of nitrogens with zero attached hydrogens (tertiary/aromatic N) is 1. The molecule has 0 aliphatic heterocycles. The molecule has 0 spiro atoms. The summed E-state index contributed by atoms with van der Waals surface area (Å²) in [6.45, 7) is 1.20. The smallest absolute Gasteiger partial charge is 0.311 e. The Morgan fingerprint density at radius 2 is 2.29 bits per heavy atom. The first-order chi connectivity index (χ1) is 6.70. The van der Waals surface area contributed by atoms with E-state index in [0.717, 1.165) is 0 Å². The van der Waals surface area contributed by atoms with Crippen LogP contribution in [0.25, 0.3) is 0 Å². The number of rotatable bonds is 4. The first kappa shape index (κ1) is 10.4. The lowest BCUT2D eigenvalue weighted by atomic mass is 10.2. The molecule has 14 heavy (non-hydrogen) atoms. The Morgan fingerprint density at radius 3 is 2.79 bits per heavy atom. The molecule has 0 unspecified atom stereocenters. The van der Waals surface area contributed by atoms with Crippen LogP contribution in [0, 0.1) is 10.1 Å². The van der Waals surface area contributed by atoms with Gasteiger partial charge in [-0.05, 0) is 6.92 Å². The van der Waals surface area contributed by atoms with E-state index in [1.807, 2.05) is 0 Å². The normalized spacial score (nSPS) is 9.86. The standard InChI is InChI=1S/C9H10FNO3/c1-2-14-9-7(6-10)4-3-5-8(9)11(12)13/h3-5H,2,6H2,1H3. The predicted octanol–water partition coefficient (Wildman–Crippen LogP) is 2.46. The van der Waals surface area contributed by atoms with Crippen molar-refractivity contribution in [1.29, 1.82) is 0 Å². The lowest BCUT2D eigenvalue weighted by Crippen LogP contribution is -2.00. The number of benzene rings is 1. The maximum absolute atomic E-state index is 12.5. The number of halogens is 1. The zero-order valence-electron chi connectivity index (χ0n) is 7.70. The Hall–Kier alpha value is -1.65. The fraction of sp³-hybridized carbons (Fsp3) is 0.333. The number of nitro benzene ring substituents is 1. The zero-order valence-corrected chi connectivity index (χ0v) is 7.70. The van der Waals surface area contributed by atoms with Gasteiger partial charge in [0.15, 0.2) is 0 Å². The third-order valence-electron chi connectivity index (χ3n) is 1.71. The minimum atomic E-state index is -0.767. The molecular formula is C9H10FNO3. The van der Waals surface area contributed by atoms with Gasteiger partial charge >= 0.3 is 5.69 Å². The van der Waals surface area contributed by atoms with Crippen LogP contribution in [0.3, 0.4) is 0 Å². The van der Waals surface area contributed by atoms with Gasteiger partial charge in [0.25, 0.3) is 0 Å². The monoisotopic (exact) mass is 199 g/mol. The van der Waals surface area contributed by atoms with Crippen molar-refractivity contribution < 1.29 is 14.1 Å². The van der Waals surface area contributed by atoms with Gasteiger partial charge < -0.3 is 4.74 Å².